The second kappa shape index (κ2) is 10.9. The van der Waals surface area contributed by atoms with Crippen molar-refractivity contribution in [3.8, 4) is 0 Å². The molecule has 0 radical (unpaired) electrons. The summed E-state index contributed by atoms with van der Waals surface area (Å²) in [5.41, 5.74) is 2.73. The topological polar surface area (TPSA) is 58.6 Å². The Kier molecular flexibility index (Phi) is 7.42. The number of ether oxygens (including phenoxy) is 1. The first-order valence-electron chi connectivity index (χ1n) is 12.5. The Morgan fingerprint density at radius 3 is 2.60 bits per heavy atom. The summed E-state index contributed by atoms with van der Waals surface area (Å²) in [5.74, 6) is 0.216. The quantitative estimate of drug-likeness (QED) is 0.341. The molecular weight excluding hydrogens is 456 g/mol. The van der Waals surface area contributed by atoms with Crippen molar-refractivity contribution in [1.82, 2.24) is 10.2 Å². The summed E-state index contributed by atoms with van der Waals surface area (Å²) >= 11 is 1.46. The zero-order valence-corrected chi connectivity index (χ0v) is 20.8. The van der Waals surface area contributed by atoms with Crippen LogP contribution in [0.3, 0.4) is 0 Å². The SMILES string of the molecule is O=Cc1ccc(CNC2(C(=O)OCC3CCN(Cc4ccccc4)CC3)CCc3ccccc32)s1. The molecular formula is C29H32N2O3S. The maximum absolute atomic E-state index is 13.6. The van der Waals surface area contributed by atoms with E-state index in [2.05, 4.69) is 46.6 Å². The van der Waals surface area contributed by atoms with E-state index in [9.17, 15) is 9.59 Å². The van der Waals surface area contributed by atoms with E-state index in [0.29, 0.717) is 30.4 Å². The highest BCUT2D eigenvalue weighted by Crippen LogP contribution is 2.39. The van der Waals surface area contributed by atoms with Gasteiger partial charge in [0, 0.05) is 18.0 Å². The van der Waals surface area contributed by atoms with Crippen molar-refractivity contribution in [3.05, 3.63) is 93.2 Å². The van der Waals surface area contributed by atoms with Gasteiger partial charge >= 0.3 is 5.97 Å². The van der Waals surface area contributed by atoms with Gasteiger partial charge in [0.05, 0.1) is 11.5 Å². The minimum absolute atomic E-state index is 0.179. The number of fused-ring (bicyclic) bond motifs is 1. The molecule has 1 atom stereocenters. The van der Waals surface area contributed by atoms with E-state index >= 15 is 0 Å². The number of likely N-dealkylation sites (tertiary alicyclic amines) is 1. The maximum Gasteiger partial charge on any atom is 0.331 e. The summed E-state index contributed by atoms with van der Waals surface area (Å²) in [7, 11) is 0. The largest absolute Gasteiger partial charge is 0.464 e. The molecule has 35 heavy (non-hydrogen) atoms. The number of nitrogens with one attached hydrogen (secondary N) is 1. The summed E-state index contributed by atoms with van der Waals surface area (Å²) in [6, 6.07) is 22.5. The number of rotatable bonds is 9. The standard InChI is InChI=1S/C29H32N2O3S/c32-20-26-11-10-25(35-26)18-30-29(15-12-24-8-4-5-9-27(24)29)28(33)34-21-23-13-16-31(17-14-23)19-22-6-2-1-3-7-22/h1-11,20,23,30H,12-19,21H2. The van der Waals surface area contributed by atoms with Crippen LogP contribution in [-0.2, 0) is 34.6 Å². The van der Waals surface area contributed by atoms with Gasteiger partial charge in [-0.25, -0.2) is 4.79 Å². The van der Waals surface area contributed by atoms with E-state index in [-0.39, 0.29) is 5.97 Å². The van der Waals surface area contributed by atoms with Crippen LogP contribution in [0.15, 0.2) is 66.7 Å². The fraction of sp³-hybridized carbons (Fsp3) is 0.379. The van der Waals surface area contributed by atoms with Crippen molar-refractivity contribution in [3.63, 3.8) is 0 Å². The van der Waals surface area contributed by atoms with Crippen molar-refractivity contribution in [1.29, 1.82) is 0 Å². The van der Waals surface area contributed by atoms with Crippen molar-refractivity contribution < 1.29 is 14.3 Å². The highest BCUT2D eigenvalue weighted by atomic mass is 32.1. The molecule has 1 aliphatic heterocycles. The molecule has 1 fully saturated rings. The van der Waals surface area contributed by atoms with Crippen LogP contribution in [0.25, 0.3) is 0 Å². The molecule has 1 aromatic heterocycles. The molecule has 2 heterocycles. The molecule has 6 heteroatoms. The lowest BCUT2D eigenvalue weighted by Crippen LogP contribution is -2.48. The number of carbonyl (C=O) groups is 2. The number of esters is 1. The molecule has 5 rings (SSSR count). The molecule has 5 nitrogen and oxygen atoms in total. The number of nitrogens with zero attached hydrogens (tertiary/aromatic N) is 1. The molecule has 182 valence electrons. The highest BCUT2D eigenvalue weighted by Gasteiger charge is 2.46. The van der Waals surface area contributed by atoms with E-state index in [0.717, 1.165) is 55.6 Å². The van der Waals surface area contributed by atoms with Crippen molar-refractivity contribution in [2.45, 2.75) is 44.3 Å². The zero-order chi connectivity index (χ0) is 24.1. The lowest BCUT2D eigenvalue weighted by atomic mass is 9.91. The molecule has 1 N–H and O–H groups in total. The zero-order valence-electron chi connectivity index (χ0n) is 19.9. The smallest absolute Gasteiger partial charge is 0.331 e. The molecule has 1 saturated heterocycles. The van der Waals surface area contributed by atoms with Gasteiger partial charge in [-0.2, -0.15) is 0 Å². The number of thiophene rings is 1. The molecule has 3 aromatic rings. The molecule has 2 aromatic carbocycles. The summed E-state index contributed by atoms with van der Waals surface area (Å²) in [5, 5.41) is 3.54. The predicted molar refractivity (Wildman–Crippen MR) is 138 cm³/mol. The van der Waals surface area contributed by atoms with Crippen LogP contribution < -0.4 is 5.32 Å². The van der Waals surface area contributed by atoms with Gasteiger partial charge in [0.25, 0.3) is 0 Å². The van der Waals surface area contributed by atoms with Crippen LogP contribution in [-0.4, -0.2) is 36.9 Å². The third kappa shape index (κ3) is 5.40. The van der Waals surface area contributed by atoms with Gasteiger partial charge in [0.1, 0.15) is 5.54 Å². The first-order chi connectivity index (χ1) is 17.2. The van der Waals surface area contributed by atoms with E-state index < -0.39 is 5.54 Å². The highest BCUT2D eigenvalue weighted by molar-refractivity contribution is 7.13. The van der Waals surface area contributed by atoms with E-state index in [1.807, 2.05) is 30.3 Å². The van der Waals surface area contributed by atoms with Gasteiger partial charge in [-0.1, -0.05) is 54.6 Å². The summed E-state index contributed by atoms with van der Waals surface area (Å²) < 4.78 is 6.02. The molecule has 0 amide bonds. The third-order valence-electron chi connectivity index (χ3n) is 7.36. The van der Waals surface area contributed by atoms with Crippen LogP contribution in [0.1, 0.15) is 50.5 Å². The minimum atomic E-state index is -0.837. The van der Waals surface area contributed by atoms with Crippen LogP contribution in [0, 0.1) is 5.92 Å². The number of aryl methyl sites for hydroxylation is 1. The summed E-state index contributed by atoms with van der Waals surface area (Å²) in [6.45, 7) is 4.03. The van der Waals surface area contributed by atoms with Crippen LogP contribution in [0.2, 0.25) is 0 Å². The summed E-state index contributed by atoms with van der Waals surface area (Å²) in [6.07, 6.45) is 4.49. The molecule has 2 aliphatic rings. The normalized spacial score (nSPS) is 20.5. The second-order valence-electron chi connectivity index (χ2n) is 9.64. The Hall–Kier alpha value is -2.80. The van der Waals surface area contributed by atoms with Gasteiger partial charge < -0.3 is 4.74 Å². The van der Waals surface area contributed by atoms with E-state index in [4.69, 9.17) is 4.74 Å². The molecule has 0 saturated carbocycles. The van der Waals surface area contributed by atoms with Crippen molar-refractivity contribution >= 4 is 23.6 Å². The molecule has 1 aliphatic carbocycles. The maximum atomic E-state index is 13.6. The average Bonchev–Trinajstić information content (AvgIpc) is 3.53. The van der Waals surface area contributed by atoms with Crippen molar-refractivity contribution in [2.24, 2.45) is 5.92 Å². The van der Waals surface area contributed by atoms with Gasteiger partial charge in [0.2, 0.25) is 0 Å². The number of hydrogen-bond donors (Lipinski definition) is 1. The molecule has 1 unspecified atom stereocenters. The fourth-order valence-corrected chi connectivity index (χ4v) is 6.11. The lowest BCUT2D eigenvalue weighted by Gasteiger charge is -2.33. The number of benzene rings is 2. The van der Waals surface area contributed by atoms with Crippen LogP contribution in [0.4, 0.5) is 0 Å². The monoisotopic (exact) mass is 488 g/mol. The van der Waals surface area contributed by atoms with Gasteiger partial charge in [-0.3, -0.25) is 15.0 Å². The molecule has 0 spiro atoms. The lowest BCUT2D eigenvalue weighted by molar-refractivity contribution is -0.154. The number of aldehydes is 1. The number of hydrogen-bond acceptors (Lipinski definition) is 6. The summed E-state index contributed by atoms with van der Waals surface area (Å²) in [4.78, 5) is 28.9. The average molecular weight is 489 g/mol. The predicted octanol–water partition coefficient (Wildman–Crippen LogP) is 4.95. The van der Waals surface area contributed by atoms with Gasteiger partial charge in [-0.15, -0.1) is 11.3 Å². The Balaban J connectivity index is 1.20. The second-order valence-corrected chi connectivity index (χ2v) is 10.8. The first-order valence-corrected chi connectivity index (χ1v) is 13.3. The minimum Gasteiger partial charge on any atom is -0.464 e. The Morgan fingerprint density at radius 2 is 1.83 bits per heavy atom. The molecule has 0 bridgehead atoms. The number of piperidine rings is 1. The van der Waals surface area contributed by atoms with E-state index in [1.54, 1.807) is 0 Å². The Labute approximate surface area is 211 Å². The fourth-order valence-electron chi connectivity index (χ4n) is 5.34. The van der Waals surface area contributed by atoms with E-state index in [1.165, 1.54) is 22.5 Å². The number of carbonyl (C=O) groups excluding carboxylic acids is 2. The Morgan fingerprint density at radius 1 is 1.06 bits per heavy atom. The first kappa shape index (κ1) is 23.9. The third-order valence-corrected chi connectivity index (χ3v) is 8.37. The Bertz CT molecular complexity index is 1150. The van der Waals surface area contributed by atoms with Crippen LogP contribution in [0.5, 0.6) is 0 Å². The van der Waals surface area contributed by atoms with Gasteiger partial charge in [-0.05, 0) is 73.5 Å². The van der Waals surface area contributed by atoms with Crippen LogP contribution >= 0.6 is 11.3 Å². The van der Waals surface area contributed by atoms with Gasteiger partial charge in [0.15, 0.2) is 6.29 Å². The van der Waals surface area contributed by atoms with Crippen molar-refractivity contribution in [2.75, 3.05) is 19.7 Å².